The van der Waals surface area contributed by atoms with Gasteiger partial charge in [-0.2, -0.15) is 0 Å². The number of nitrogen functional groups attached to an aromatic ring is 1. The van der Waals surface area contributed by atoms with Crippen LogP contribution in [0.1, 0.15) is 10.6 Å². The Balaban J connectivity index is 2.01. The molecule has 0 fully saturated rings. The maximum atomic E-state index is 13.3. The van der Waals surface area contributed by atoms with Crippen molar-refractivity contribution in [2.24, 2.45) is 5.73 Å². The molecule has 2 aromatic heterocycles. The van der Waals surface area contributed by atoms with E-state index in [1.165, 1.54) is 29.7 Å². The second kappa shape index (κ2) is 7.47. The van der Waals surface area contributed by atoms with Crippen LogP contribution in [0.5, 0.6) is 0 Å². The highest BCUT2D eigenvalue weighted by molar-refractivity contribution is 7.91. The molecule has 0 aliphatic heterocycles. The molecule has 4 N–H and O–H groups in total. The lowest BCUT2D eigenvalue weighted by atomic mass is 10.0. The number of rotatable bonds is 5. The number of aromatic nitrogens is 3. The van der Waals surface area contributed by atoms with Gasteiger partial charge in [0.05, 0.1) is 33.4 Å². The number of hydrogen-bond acceptors (Lipinski definition) is 8. The van der Waals surface area contributed by atoms with Gasteiger partial charge in [-0.1, -0.05) is 24.3 Å². The van der Waals surface area contributed by atoms with Crippen LogP contribution in [0.25, 0.3) is 21.5 Å². The van der Waals surface area contributed by atoms with Crippen molar-refractivity contribution in [2.75, 3.05) is 5.73 Å². The second-order valence-electron chi connectivity index (χ2n) is 6.61. The number of benzene rings is 2. The largest absolute Gasteiger partial charge is 0.369 e. The first-order valence-corrected chi connectivity index (χ1v) is 11.2. The summed E-state index contributed by atoms with van der Waals surface area (Å²) in [6.07, 6.45) is 1.22. The van der Waals surface area contributed by atoms with Gasteiger partial charge >= 0.3 is 0 Å². The maximum absolute atomic E-state index is 13.3. The fourth-order valence-electron chi connectivity index (χ4n) is 3.15. The van der Waals surface area contributed by atoms with Gasteiger partial charge in [0.25, 0.3) is 0 Å². The van der Waals surface area contributed by atoms with Crippen LogP contribution in [0, 0.1) is 6.92 Å². The molecule has 0 unspecified atom stereocenters. The molecule has 0 saturated carbocycles. The summed E-state index contributed by atoms with van der Waals surface area (Å²) in [5.74, 6) is -0.549. The molecule has 0 bridgehead atoms. The summed E-state index contributed by atoms with van der Waals surface area (Å²) in [4.78, 5) is 24.1. The van der Waals surface area contributed by atoms with Crippen LogP contribution in [-0.2, 0) is 21.1 Å². The van der Waals surface area contributed by atoms with E-state index in [-0.39, 0.29) is 27.9 Å². The molecule has 8 nitrogen and oxygen atoms in total. The summed E-state index contributed by atoms with van der Waals surface area (Å²) in [6.45, 7) is 1.83. The van der Waals surface area contributed by atoms with Crippen molar-refractivity contribution in [1.82, 2.24) is 15.0 Å². The van der Waals surface area contributed by atoms with Crippen molar-refractivity contribution in [3.05, 3.63) is 59.2 Å². The fourth-order valence-corrected chi connectivity index (χ4v) is 5.50. The van der Waals surface area contributed by atoms with E-state index in [2.05, 4.69) is 15.0 Å². The highest BCUT2D eigenvalue weighted by atomic mass is 32.2. The average molecular weight is 440 g/mol. The normalized spacial score (nSPS) is 11.6. The molecule has 0 saturated heterocycles. The summed E-state index contributed by atoms with van der Waals surface area (Å²) in [5, 5.41) is 0.541. The number of aryl methyl sites for hydroxylation is 1. The maximum Gasteiger partial charge on any atom is 0.224 e. The van der Waals surface area contributed by atoms with E-state index in [4.69, 9.17) is 11.5 Å². The number of nitrogens with two attached hydrogens (primary N) is 2. The van der Waals surface area contributed by atoms with E-state index in [1.807, 2.05) is 19.1 Å². The summed E-state index contributed by atoms with van der Waals surface area (Å²) in [7, 11) is -3.91. The minimum Gasteiger partial charge on any atom is -0.369 e. The van der Waals surface area contributed by atoms with Gasteiger partial charge in [-0.15, -0.1) is 11.3 Å². The number of sulfone groups is 1. The van der Waals surface area contributed by atoms with Crippen LogP contribution in [0.2, 0.25) is 0 Å². The Labute approximate surface area is 176 Å². The molecular formula is C20H17N5O3S2. The molecule has 0 aliphatic rings. The predicted molar refractivity (Wildman–Crippen MR) is 115 cm³/mol. The van der Waals surface area contributed by atoms with Crippen molar-refractivity contribution >= 4 is 43.2 Å². The number of fused-ring (bicyclic) bond motifs is 1. The van der Waals surface area contributed by atoms with Crippen LogP contribution < -0.4 is 11.5 Å². The minimum absolute atomic E-state index is 0.00107. The lowest BCUT2D eigenvalue weighted by Crippen LogP contribution is -2.13. The van der Waals surface area contributed by atoms with Gasteiger partial charge in [0.2, 0.25) is 21.7 Å². The SMILES string of the molecule is Cc1ccc2sc(CC(N)=O)nc2c1-c1nc(N)ncc1S(=O)(=O)c1ccccc1. The number of anilines is 1. The molecule has 0 radical (unpaired) electrons. The van der Waals surface area contributed by atoms with Crippen LogP contribution in [0.3, 0.4) is 0 Å². The zero-order valence-corrected chi connectivity index (χ0v) is 17.5. The van der Waals surface area contributed by atoms with Gasteiger partial charge in [-0.05, 0) is 30.7 Å². The molecule has 0 spiro atoms. The molecule has 0 atom stereocenters. The third-order valence-electron chi connectivity index (χ3n) is 4.49. The lowest BCUT2D eigenvalue weighted by Gasteiger charge is -2.13. The summed E-state index contributed by atoms with van der Waals surface area (Å²) < 4.78 is 27.5. The molecular weight excluding hydrogens is 422 g/mol. The van der Waals surface area contributed by atoms with E-state index in [1.54, 1.807) is 18.2 Å². The van der Waals surface area contributed by atoms with Crippen molar-refractivity contribution in [1.29, 1.82) is 0 Å². The Morgan fingerprint density at radius 1 is 1.10 bits per heavy atom. The molecule has 0 aliphatic carbocycles. The highest BCUT2D eigenvalue weighted by Crippen LogP contribution is 2.38. The first-order valence-electron chi connectivity index (χ1n) is 8.87. The molecule has 10 heteroatoms. The molecule has 1 amide bonds. The van der Waals surface area contributed by atoms with Gasteiger partial charge < -0.3 is 11.5 Å². The zero-order chi connectivity index (χ0) is 21.5. The van der Waals surface area contributed by atoms with E-state index in [0.717, 1.165) is 10.3 Å². The molecule has 30 heavy (non-hydrogen) atoms. The number of thiazole rings is 1. The van der Waals surface area contributed by atoms with E-state index in [9.17, 15) is 13.2 Å². The minimum atomic E-state index is -3.91. The van der Waals surface area contributed by atoms with Gasteiger partial charge in [-0.3, -0.25) is 4.79 Å². The monoisotopic (exact) mass is 439 g/mol. The Morgan fingerprint density at radius 2 is 1.83 bits per heavy atom. The van der Waals surface area contributed by atoms with Crippen LogP contribution in [0.4, 0.5) is 5.95 Å². The number of nitrogens with zero attached hydrogens (tertiary/aromatic N) is 3. The average Bonchev–Trinajstić information content (AvgIpc) is 3.10. The third-order valence-corrected chi connectivity index (χ3v) is 7.28. The Kier molecular flexibility index (Phi) is 4.96. The highest BCUT2D eigenvalue weighted by Gasteiger charge is 2.26. The number of carbonyl (C=O) groups is 1. The molecule has 2 heterocycles. The van der Waals surface area contributed by atoms with Gasteiger partial charge in [0, 0.05) is 5.56 Å². The van der Waals surface area contributed by atoms with Gasteiger partial charge in [0.1, 0.15) is 9.90 Å². The van der Waals surface area contributed by atoms with Crippen molar-refractivity contribution in [2.45, 2.75) is 23.1 Å². The van der Waals surface area contributed by atoms with Gasteiger partial charge in [-0.25, -0.2) is 23.4 Å². The smallest absolute Gasteiger partial charge is 0.224 e. The lowest BCUT2D eigenvalue weighted by molar-refractivity contribution is -0.117. The van der Waals surface area contributed by atoms with Gasteiger partial charge in [0.15, 0.2) is 0 Å². The van der Waals surface area contributed by atoms with Crippen LogP contribution in [0.15, 0.2) is 58.5 Å². The second-order valence-corrected chi connectivity index (χ2v) is 9.65. The predicted octanol–water partition coefficient (Wildman–Crippen LogP) is 2.50. The quantitative estimate of drug-likeness (QED) is 0.486. The van der Waals surface area contributed by atoms with E-state index < -0.39 is 15.7 Å². The van der Waals surface area contributed by atoms with Crippen LogP contribution in [-0.4, -0.2) is 29.3 Å². The first kappa shape index (κ1) is 19.9. The number of primary amides is 1. The summed E-state index contributed by atoms with van der Waals surface area (Å²) in [5.41, 5.74) is 13.1. The topological polar surface area (TPSA) is 142 Å². The Morgan fingerprint density at radius 3 is 2.53 bits per heavy atom. The molecule has 4 aromatic rings. The first-order chi connectivity index (χ1) is 14.3. The number of hydrogen-bond donors (Lipinski definition) is 2. The summed E-state index contributed by atoms with van der Waals surface area (Å²) >= 11 is 1.32. The van der Waals surface area contributed by atoms with Crippen molar-refractivity contribution < 1.29 is 13.2 Å². The molecule has 4 rings (SSSR count). The van der Waals surface area contributed by atoms with Crippen LogP contribution >= 0.6 is 11.3 Å². The summed E-state index contributed by atoms with van der Waals surface area (Å²) in [6, 6.07) is 11.8. The number of amides is 1. The Hall–Kier alpha value is -3.37. The van der Waals surface area contributed by atoms with Crippen molar-refractivity contribution in [3.63, 3.8) is 0 Å². The Bertz CT molecular complexity index is 1380. The number of carbonyl (C=O) groups excluding carboxylic acids is 1. The standard InChI is InChI=1S/C20H17N5O3S2/c1-11-7-8-13-18(24-16(29-13)9-15(21)26)17(11)19-14(10-23-20(22)25-19)30(27,28)12-5-3-2-4-6-12/h2-8,10H,9H2,1H3,(H2,21,26)(H2,22,23,25). The molecule has 2 aromatic carbocycles. The van der Waals surface area contributed by atoms with Crippen molar-refractivity contribution in [3.8, 4) is 11.3 Å². The molecule has 152 valence electrons. The van der Waals surface area contributed by atoms with E-state index in [0.29, 0.717) is 16.1 Å². The fraction of sp³-hybridized carbons (Fsp3) is 0.100. The zero-order valence-electron chi connectivity index (χ0n) is 15.9. The van der Waals surface area contributed by atoms with E-state index >= 15 is 0 Å². The third kappa shape index (κ3) is 3.51.